The van der Waals surface area contributed by atoms with Crippen molar-refractivity contribution in [2.75, 3.05) is 11.9 Å². The fourth-order valence-electron chi connectivity index (χ4n) is 1.73. The minimum Gasteiger partial charge on any atom is -0.370 e. The molecule has 1 aromatic rings. The van der Waals surface area contributed by atoms with Crippen molar-refractivity contribution in [2.24, 2.45) is 0 Å². The SMILES string of the molecule is O=C(NCCC1=CNC(=O)NC1O)Nc1ccc(Cl)cc1. The summed E-state index contributed by atoms with van der Waals surface area (Å²) < 4.78 is 0. The van der Waals surface area contributed by atoms with Crippen molar-refractivity contribution in [2.45, 2.75) is 12.6 Å². The fourth-order valence-corrected chi connectivity index (χ4v) is 1.86. The summed E-state index contributed by atoms with van der Waals surface area (Å²) in [5.41, 5.74) is 1.21. The summed E-state index contributed by atoms with van der Waals surface area (Å²) in [5.74, 6) is 0. The highest BCUT2D eigenvalue weighted by Gasteiger charge is 2.18. The summed E-state index contributed by atoms with van der Waals surface area (Å²) in [5, 5.41) is 20.2. The van der Waals surface area contributed by atoms with Gasteiger partial charge in [-0.25, -0.2) is 9.59 Å². The maximum atomic E-state index is 11.7. The van der Waals surface area contributed by atoms with E-state index < -0.39 is 12.3 Å². The molecule has 1 aliphatic rings. The van der Waals surface area contributed by atoms with Crippen molar-refractivity contribution in [3.05, 3.63) is 41.1 Å². The molecule has 1 unspecified atom stereocenters. The Labute approximate surface area is 126 Å². The largest absolute Gasteiger partial charge is 0.370 e. The molecule has 5 N–H and O–H groups in total. The van der Waals surface area contributed by atoms with Crippen LogP contribution in [0.1, 0.15) is 6.42 Å². The molecule has 0 aliphatic carbocycles. The summed E-state index contributed by atoms with van der Waals surface area (Å²) >= 11 is 5.75. The first-order chi connectivity index (χ1) is 10.0. The van der Waals surface area contributed by atoms with E-state index in [1.165, 1.54) is 6.20 Å². The maximum absolute atomic E-state index is 11.7. The van der Waals surface area contributed by atoms with E-state index in [1.54, 1.807) is 24.3 Å². The van der Waals surface area contributed by atoms with Gasteiger partial charge in [-0.3, -0.25) is 0 Å². The summed E-state index contributed by atoms with van der Waals surface area (Å²) in [4.78, 5) is 22.6. The van der Waals surface area contributed by atoms with E-state index in [1.807, 2.05) is 0 Å². The second-order valence-corrected chi connectivity index (χ2v) is 4.81. The Hall–Kier alpha value is -2.25. The number of rotatable bonds is 4. The Kier molecular flexibility index (Phi) is 5.02. The number of nitrogens with one attached hydrogen (secondary N) is 4. The third-order valence-corrected chi connectivity index (χ3v) is 3.06. The third-order valence-electron chi connectivity index (χ3n) is 2.81. The molecular weight excluding hydrogens is 296 g/mol. The van der Waals surface area contributed by atoms with Crippen LogP contribution in [-0.2, 0) is 0 Å². The van der Waals surface area contributed by atoms with E-state index in [0.29, 0.717) is 29.2 Å². The van der Waals surface area contributed by atoms with E-state index in [2.05, 4.69) is 21.3 Å². The second-order valence-electron chi connectivity index (χ2n) is 4.38. The topological polar surface area (TPSA) is 102 Å². The van der Waals surface area contributed by atoms with Crippen molar-refractivity contribution in [3.63, 3.8) is 0 Å². The zero-order chi connectivity index (χ0) is 15.2. The molecule has 112 valence electrons. The van der Waals surface area contributed by atoms with Crippen molar-refractivity contribution >= 4 is 29.4 Å². The first-order valence-corrected chi connectivity index (χ1v) is 6.67. The van der Waals surface area contributed by atoms with E-state index in [-0.39, 0.29) is 6.03 Å². The minimum absolute atomic E-state index is 0.319. The summed E-state index contributed by atoms with van der Waals surface area (Å²) in [7, 11) is 0. The molecular formula is C13H15ClN4O3. The van der Waals surface area contributed by atoms with Crippen molar-refractivity contribution < 1.29 is 14.7 Å². The Morgan fingerprint density at radius 3 is 2.71 bits per heavy atom. The number of halogens is 1. The molecule has 1 heterocycles. The van der Waals surface area contributed by atoms with Gasteiger partial charge < -0.3 is 26.4 Å². The molecule has 7 nitrogen and oxygen atoms in total. The molecule has 0 saturated carbocycles. The highest BCUT2D eigenvalue weighted by atomic mass is 35.5. The number of amides is 4. The fraction of sp³-hybridized carbons (Fsp3) is 0.231. The van der Waals surface area contributed by atoms with Crippen LogP contribution in [0.25, 0.3) is 0 Å². The number of anilines is 1. The van der Waals surface area contributed by atoms with E-state index in [9.17, 15) is 14.7 Å². The van der Waals surface area contributed by atoms with Crippen LogP contribution in [0, 0.1) is 0 Å². The van der Waals surface area contributed by atoms with Crippen LogP contribution < -0.4 is 21.3 Å². The number of carbonyl (C=O) groups excluding carboxylic acids is 2. The Morgan fingerprint density at radius 2 is 2.05 bits per heavy atom. The van der Waals surface area contributed by atoms with Crippen molar-refractivity contribution in [1.29, 1.82) is 0 Å². The zero-order valence-electron chi connectivity index (χ0n) is 11.0. The van der Waals surface area contributed by atoms with Gasteiger partial charge in [0.15, 0.2) is 6.23 Å². The molecule has 8 heteroatoms. The first-order valence-electron chi connectivity index (χ1n) is 6.29. The molecule has 0 spiro atoms. The third kappa shape index (κ3) is 4.66. The summed E-state index contributed by atoms with van der Waals surface area (Å²) in [6.07, 6.45) is 0.810. The van der Waals surface area contributed by atoms with Gasteiger partial charge in [0.25, 0.3) is 0 Å². The summed E-state index contributed by atoms with van der Waals surface area (Å²) in [6, 6.07) is 5.91. The van der Waals surface area contributed by atoms with Crippen molar-refractivity contribution in [3.8, 4) is 0 Å². The molecule has 4 amide bonds. The number of hydrogen-bond donors (Lipinski definition) is 5. The van der Waals surface area contributed by atoms with Crippen LogP contribution in [0.4, 0.5) is 15.3 Å². The quantitative estimate of drug-likeness (QED) is 0.580. The lowest BCUT2D eigenvalue weighted by atomic mass is 10.1. The van der Waals surface area contributed by atoms with Gasteiger partial charge in [0.2, 0.25) is 0 Å². The summed E-state index contributed by atoms with van der Waals surface area (Å²) in [6.45, 7) is 0.319. The predicted octanol–water partition coefficient (Wildman–Crippen LogP) is 1.37. The lowest BCUT2D eigenvalue weighted by Crippen LogP contribution is -2.46. The van der Waals surface area contributed by atoms with Crippen LogP contribution in [0.3, 0.4) is 0 Å². The molecule has 0 aromatic heterocycles. The van der Waals surface area contributed by atoms with Gasteiger partial charge in [0.05, 0.1) is 0 Å². The first kappa shape index (κ1) is 15.1. The highest BCUT2D eigenvalue weighted by Crippen LogP contribution is 2.13. The number of aliphatic hydroxyl groups is 1. The molecule has 2 rings (SSSR count). The molecule has 1 aliphatic heterocycles. The van der Waals surface area contributed by atoms with Crippen molar-refractivity contribution in [1.82, 2.24) is 16.0 Å². The van der Waals surface area contributed by atoms with Gasteiger partial charge in [-0.05, 0) is 36.3 Å². The number of urea groups is 2. The standard InChI is InChI=1S/C13H15ClN4O3/c14-9-1-3-10(4-2-9)17-12(20)15-6-5-8-7-16-13(21)18-11(8)19/h1-4,7,11,19H,5-6H2,(H2,15,17,20)(H2,16,18,21). The van der Waals surface area contributed by atoms with Crippen LogP contribution in [-0.4, -0.2) is 29.9 Å². The average Bonchev–Trinajstić information content (AvgIpc) is 2.44. The van der Waals surface area contributed by atoms with Gasteiger partial charge >= 0.3 is 12.1 Å². The normalized spacial score (nSPS) is 17.3. The molecule has 1 atom stereocenters. The van der Waals surface area contributed by atoms with E-state index >= 15 is 0 Å². The van der Waals surface area contributed by atoms with Gasteiger partial charge in [-0.15, -0.1) is 0 Å². The van der Waals surface area contributed by atoms with E-state index in [0.717, 1.165) is 0 Å². The van der Waals surface area contributed by atoms with E-state index in [4.69, 9.17) is 11.6 Å². The maximum Gasteiger partial charge on any atom is 0.321 e. The van der Waals surface area contributed by atoms with Gasteiger partial charge in [0, 0.05) is 23.5 Å². The zero-order valence-corrected chi connectivity index (χ0v) is 11.8. The lowest BCUT2D eigenvalue weighted by molar-refractivity contribution is 0.161. The molecule has 0 radical (unpaired) electrons. The van der Waals surface area contributed by atoms with Crippen LogP contribution in [0.5, 0.6) is 0 Å². The molecule has 1 aromatic carbocycles. The highest BCUT2D eigenvalue weighted by molar-refractivity contribution is 6.30. The number of carbonyl (C=O) groups is 2. The van der Waals surface area contributed by atoms with Gasteiger partial charge in [-0.1, -0.05) is 11.6 Å². The molecule has 0 bridgehead atoms. The Bertz CT molecular complexity index is 559. The molecule has 21 heavy (non-hydrogen) atoms. The molecule has 0 saturated heterocycles. The number of aliphatic hydroxyl groups excluding tert-OH is 1. The minimum atomic E-state index is -1.03. The second kappa shape index (κ2) is 6.96. The Morgan fingerprint density at radius 1 is 1.33 bits per heavy atom. The number of hydrogen-bond acceptors (Lipinski definition) is 3. The Balaban J connectivity index is 1.74. The van der Waals surface area contributed by atoms with Gasteiger partial charge in [-0.2, -0.15) is 0 Å². The van der Waals surface area contributed by atoms with Crippen LogP contribution in [0.2, 0.25) is 5.02 Å². The lowest BCUT2D eigenvalue weighted by Gasteiger charge is -2.21. The molecule has 0 fully saturated rings. The van der Waals surface area contributed by atoms with Gasteiger partial charge in [0.1, 0.15) is 0 Å². The predicted molar refractivity (Wildman–Crippen MR) is 78.8 cm³/mol. The average molecular weight is 311 g/mol. The number of benzene rings is 1. The van der Waals surface area contributed by atoms with Crippen LogP contribution >= 0.6 is 11.6 Å². The van der Waals surface area contributed by atoms with Crippen LogP contribution in [0.15, 0.2) is 36.0 Å². The smallest absolute Gasteiger partial charge is 0.321 e. The monoisotopic (exact) mass is 310 g/mol.